The minimum Gasteiger partial charge on any atom is -0.208 e. The Morgan fingerprint density at radius 2 is 1.78 bits per heavy atom. The lowest BCUT2D eigenvalue weighted by molar-refractivity contribution is 0.332. The van der Waals surface area contributed by atoms with E-state index in [1.54, 1.807) is 18.2 Å². The molecule has 5 heteroatoms. The molecule has 1 N–H and O–H groups in total. The molecule has 0 spiro atoms. The fraction of sp³-hybridized carbons (Fsp3) is 0.538. The minimum atomic E-state index is -3.40. The molecule has 100 valence electrons. The molecule has 1 aliphatic rings. The molecule has 0 aliphatic heterocycles. The molecule has 1 fully saturated rings. The second-order valence-electron chi connectivity index (χ2n) is 5.01. The summed E-state index contributed by atoms with van der Waals surface area (Å²) in [6.07, 6.45) is 4.07. The van der Waals surface area contributed by atoms with Gasteiger partial charge in [0.1, 0.15) is 0 Å². The summed E-state index contributed by atoms with van der Waals surface area (Å²) in [5, 5.41) is 0. The van der Waals surface area contributed by atoms with Crippen LogP contribution in [-0.4, -0.2) is 14.5 Å². The molecule has 0 amide bonds. The number of hydrogen-bond acceptors (Lipinski definition) is 2. The Kier molecular flexibility index (Phi) is 4.45. The summed E-state index contributed by atoms with van der Waals surface area (Å²) in [5.41, 5.74) is 0. The van der Waals surface area contributed by atoms with Crippen LogP contribution in [0.2, 0.25) is 0 Å². The van der Waals surface area contributed by atoms with Crippen LogP contribution in [0.3, 0.4) is 0 Å². The van der Waals surface area contributed by atoms with Gasteiger partial charge >= 0.3 is 0 Å². The van der Waals surface area contributed by atoms with Crippen molar-refractivity contribution in [2.75, 3.05) is 0 Å². The second-order valence-corrected chi connectivity index (χ2v) is 7.55. The molecule has 0 radical (unpaired) electrons. The van der Waals surface area contributed by atoms with Crippen molar-refractivity contribution in [1.29, 1.82) is 0 Å². The van der Waals surface area contributed by atoms with Gasteiger partial charge in [0, 0.05) is 10.5 Å². The maximum atomic E-state index is 12.3. The van der Waals surface area contributed by atoms with E-state index in [0.29, 0.717) is 15.3 Å². The molecule has 1 aromatic rings. The summed E-state index contributed by atoms with van der Waals surface area (Å²) in [5.74, 6) is 0.717. The fourth-order valence-electron chi connectivity index (χ4n) is 2.32. The number of hydrogen-bond donors (Lipinski definition) is 1. The Morgan fingerprint density at radius 1 is 1.17 bits per heavy atom. The highest BCUT2D eigenvalue weighted by atomic mass is 79.9. The number of rotatable bonds is 3. The summed E-state index contributed by atoms with van der Waals surface area (Å²) < 4.78 is 28.0. The number of nitrogens with one attached hydrogen (secondary N) is 1. The predicted molar refractivity (Wildman–Crippen MR) is 75.9 cm³/mol. The highest BCUT2D eigenvalue weighted by Gasteiger charge is 2.25. The summed E-state index contributed by atoms with van der Waals surface area (Å²) in [6, 6.07) is 7.00. The molecular weight excluding hydrogens is 314 g/mol. The van der Waals surface area contributed by atoms with Crippen LogP contribution in [-0.2, 0) is 10.0 Å². The van der Waals surface area contributed by atoms with Crippen molar-refractivity contribution in [1.82, 2.24) is 4.72 Å². The summed E-state index contributed by atoms with van der Waals surface area (Å²) in [6.45, 7) is 2.22. The lowest BCUT2D eigenvalue weighted by Crippen LogP contribution is -2.37. The van der Waals surface area contributed by atoms with Gasteiger partial charge in [-0.1, -0.05) is 19.1 Å². The van der Waals surface area contributed by atoms with Crippen LogP contribution in [0.15, 0.2) is 33.6 Å². The van der Waals surface area contributed by atoms with Crippen molar-refractivity contribution >= 4 is 26.0 Å². The third-order valence-electron chi connectivity index (χ3n) is 3.46. The summed E-state index contributed by atoms with van der Waals surface area (Å²) in [4.78, 5) is 0.323. The molecule has 0 heterocycles. The van der Waals surface area contributed by atoms with Gasteiger partial charge in [-0.15, -0.1) is 0 Å². The highest BCUT2D eigenvalue weighted by molar-refractivity contribution is 9.10. The lowest BCUT2D eigenvalue weighted by atomic mass is 9.88. The van der Waals surface area contributed by atoms with Crippen LogP contribution < -0.4 is 4.72 Å². The lowest BCUT2D eigenvalue weighted by Gasteiger charge is -2.26. The molecule has 0 atom stereocenters. The molecule has 1 aliphatic carbocycles. The van der Waals surface area contributed by atoms with E-state index in [9.17, 15) is 8.42 Å². The number of halogens is 1. The van der Waals surface area contributed by atoms with Crippen molar-refractivity contribution < 1.29 is 8.42 Å². The van der Waals surface area contributed by atoms with Crippen LogP contribution in [0.25, 0.3) is 0 Å². The van der Waals surface area contributed by atoms with Gasteiger partial charge < -0.3 is 0 Å². The Labute approximate surface area is 117 Å². The van der Waals surface area contributed by atoms with E-state index < -0.39 is 10.0 Å². The molecule has 18 heavy (non-hydrogen) atoms. The largest absolute Gasteiger partial charge is 0.241 e. The van der Waals surface area contributed by atoms with Crippen LogP contribution in [0, 0.1) is 5.92 Å². The zero-order valence-corrected chi connectivity index (χ0v) is 12.8. The number of sulfonamides is 1. The highest BCUT2D eigenvalue weighted by Crippen LogP contribution is 2.26. The monoisotopic (exact) mass is 331 g/mol. The SMILES string of the molecule is CC1CCC(NS(=O)(=O)c2ccccc2Br)CC1. The van der Waals surface area contributed by atoms with E-state index >= 15 is 0 Å². The standard InChI is InChI=1S/C13H18BrNO2S/c1-10-6-8-11(9-7-10)15-18(16,17)13-5-3-2-4-12(13)14/h2-5,10-11,15H,6-9H2,1H3. The van der Waals surface area contributed by atoms with E-state index in [4.69, 9.17) is 0 Å². The van der Waals surface area contributed by atoms with Gasteiger partial charge in [0.15, 0.2) is 0 Å². The summed E-state index contributed by atoms with van der Waals surface area (Å²) in [7, 11) is -3.40. The van der Waals surface area contributed by atoms with E-state index in [2.05, 4.69) is 27.6 Å². The molecule has 3 nitrogen and oxygen atoms in total. The normalized spacial score (nSPS) is 25.0. The van der Waals surface area contributed by atoms with Crippen molar-refractivity contribution in [3.8, 4) is 0 Å². The molecule has 0 saturated heterocycles. The first-order valence-corrected chi connectivity index (χ1v) is 8.53. The maximum Gasteiger partial charge on any atom is 0.241 e. The van der Waals surface area contributed by atoms with Gasteiger partial charge in [-0.2, -0.15) is 0 Å². The Bertz CT molecular complexity index is 507. The van der Waals surface area contributed by atoms with Gasteiger partial charge in [0.05, 0.1) is 4.90 Å². The second kappa shape index (κ2) is 5.72. The summed E-state index contributed by atoms with van der Waals surface area (Å²) >= 11 is 3.29. The van der Waals surface area contributed by atoms with E-state index in [0.717, 1.165) is 25.7 Å². The van der Waals surface area contributed by atoms with Crippen molar-refractivity contribution in [3.63, 3.8) is 0 Å². The van der Waals surface area contributed by atoms with Gasteiger partial charge in [0.25, 0.3) is 0 Å². The molecule has 1 saturated carbocycles. The van der Waals surface area contributed by atoms with Gasteiger partial charge in [-0.3, -0.25) is 0 Å². The van der Waals surface area contributed by atoms with Gasteiger partial charge in [-0.25, -0.2) is 13.1 Å². The molecule has 2 rings (SSSR count). The average Bonchev–Trinajstić information content (AvgIpc) is 2.32. The third kappa shape index (κ3) is 3.33. The fourth-order valence-corrected chi connectivity index (χ4v) is 4.63. The molecule has 0 aromatic heterocycles. The smallest absolute Gasteiger partial charge is 0.208 e. The minimum absolute atomic E-state index is 0.0818. The zero-order chi connectivity index (χ0) is 13.2. The van der Waals surface area contributed by atoms with Crippen LogP contribution in [0.4, 0.5) is 0 Å². The first kappa shape index (κ1) is 14.0. The zero-order valence-electron chi connectivity index (χ0n) is 10.4. The first-order valence-electron chi connectivity index (χ1n) is 6.26. The Morgan fingerprint density at radius 3 is 2.39 bits per heavy atom. The average molecular weight is 332 g/mol. The maximum absolute atomic E-state index is 12.3. The Hall–Kier alpha value is -0.390. The molecule has 0 bridgehead atoms. The van der Waals surface area contributed by atoms with E-state index in [1.807, 2.05) is 6.07 Å². The quantitative estimate of drug-likeness (QED) is 0.923. The van der Waals surface area contributed by atoms with Crippen molar-refractivity contribution in [2.24, 2.45) is 5.92 Å². The molecule has 0 unspecified atom stereocenters. The van der Waals surface area contributed by atoms with E-state index in [1.165, 1.54) is 0 Å². The van der Waals surface area contributed by atoms with Crippen molar-refractivity contribution in [2.45, 2.75) is 43.5 Å². The Balaban J connectivity index is 2.11. The van der Waals surface area contributed by atoms with Crippen LogP contribution in [0.5, 0.6) is 0 Å². The number of benzene rings is 1. The topological polar surface area (TPSA) is 46.2 Å². The molecule has 1 aromatic carbocycles. The van der Waals surface area contributed by atoms with Crippen molar-refractivity contribution in [3.05, 3.63) is 28.7 Å². The van der Waals surface area contributed by atoms with Gasteiger partial charge in [-0.05, 0) is 59.7 Å². The molecular formula is C13H18BrNO2S. The van der Waals surface area contributed by atoms with Crippen LogP contribution in [0.1, 0.15) is 32.6 Å². The third-order valence-corrected chi connectivity index (χ3v) is 6.00. The predicted octanol–water partition coefficient (Wildman–Crippen LogP) is 3.31. The first-order chi connectivity index (χ1) is 8.49. The van der Waals surface area contributed by atoms with Crippen LogP contribution >= 0.6 is 15.9 Å². The van der Waals surface area contributed by atoms with Gasteiger partial charge in [0.2, 0.25) is 10.0 Å². The van der Waals surface area contributed by atoms with E-state index in [-0.39, 0.29) is 6.04 Å².